The molecule has 7 unspecified atom stereocenters. The molecule has 0 spiro atoms. The molecule has 4 rings (SSSR count). The van der Waals surface area contributed by atoms with Gasteiger partial charge in [-0.15, -0.1) is 0 Å². The molecule has 4 aliphatic rings. The van der Waals surface area contributed by atoms with Crippen LogP contribution in [0.15, 0.2) is 0 Å². The standard InChI is InChI=1S/C20H32O.C2H6/c1-13-7-8-15-18-16(9-11-19(13,15)2)20(3)10-5-4-6-14(20)12-17(18)21;1-2/h13-16,18H,4-12H2,1-3H3;1-2H3. The van der Waals surface area contributed by atoms with E-state index in [0.717, 1.165) is 12.3 Å². The molecule has 1 heteroatoms. The molecule has 4 saturated carbocycles. The zero-order valence-corrected chi connectivity index (χ0v) is 16.2. The van der Waals surface area contributed by atoms with Crippen molar-refractivity contribution in [3.63, 3.8) is 0 Å². The fourth-order valence-electron chi connectivity index (χ4n) is 7.22. The van der Waals surface area contributed by atoms with Crippen LogP contribution < -0.4 is 0 Å². The molecule has 23 heavy (non-hydrogen) atoms. The minimum Gasteiger partial charge on any atom is -0.299 e. The molecule has 4 aliphatic carbocycles. The molecule has 0 heterocycles. The van der Waals surface area contributed by atoms with Crippen molar-refractivity contribution in [1.82, 2.24) is 0 Å². The monoisotopic (exact) mass is 318 g/mol. The quantitative estimate of drug-likeness (QED) is 0.515. The predicted octanol–water partition coefficient (Wildman–Crippen LogP) is 6.26. The van der Waals surface area contributed by atoms with Crippen molar-refractivity contribution < 1.29 is 4.79 Å². The highest BCUT2D eigenvalue weighted by Gasteiger charge is 2.61. The fraction of sp³-hybridized carbons (Fsp3) is 0.955. The summed E-state index contributed by atoms with van der Waals surface area (Å²) in [5.41, 5.74) is 0.957. The van der Waals surface area contributed by atoms with Gasteiger partial charge in [-0.25, -0.2) is 0 Å². The van der Waals surface area contributed by atoms with E-state index >= 15 is 0 Å². The first kappa shape index (κ1) is 17.5. The number of ketones is 1. The number of Topliss-reactive ketones (excluding diaryl/α,β-unsaturated/α-hetero) is 1. The topological polar surface area (TPSA) is 17.1 Å². The Bertz CT molecular complexity index is 455. The Morgan fingerprint density at radius 2 is 1.57 bits per heavy atom. The minimum atomic E-state index is 0.424. The molecular formula is C22H38O. The number of fused-ring (bicyclic) bond motifs is 5. The third-order valence-corrected chi connectivity index (χ3v) is 8.86. The molecular weight excluding hydrogens is 280 g/mol. The molecule has 0 amide bonds. The summed E-state index contributed by atoms with van der Waals surface area (Å²) < 4.78 is 0. The molecule has 0 aromatic carbocycles. The Balaban J connectivity index is 0.000000753. The van der Waals surface area contributed by atoms with E-state index in [9.17, 15) is 4.79 Å². The summed E-state index contributed by atoms with van der Waals surface area (Å²) >= 11 is 0. The highest BCUT2D eigenvalue weighted by atomic mass is 16.1. The highest BCUT2D eigenvalue weighted by molar-refractivity contribution is 5.83. The molecule has 0 bridgehead atoms. The Kier molecular flexibility index (Phi) is 4.71. The van der Waals surface area contributed by atoms with E-state index in [-0.39, 0.29) is 0 Å². The third kappa shape index (κ3) is 2.44. The van der Waals surface area contributed by atoms with Gasteiger partial charge in [0.25, 0.3) is 0 Å². The van der Waals surface area contributed by atoms with E-state index in [0.29, 0.717) is 40.3 Å². The smallest absolute Gasteiger partial charge is 0.136 e. The summed E-state index contributed by atoms with van der Waals surface area (Å²) in [5, 5.41) is 0. The summed E-state index contributed by atoms with van der Waals surface area (Å²) in [5.74, 6) is 4.05. The van der Waals surface area contributed by atoms with E-state index in [4.69, 9.17) is 0 Å². The maximum absolute atomic E-state index is 13.0. The Hall–Kier alpha value is -0.330. The van der Waals surface area contributed by atoms with Crippen LogP contribution in [0.1, 0.15) is 92.4 Å². The minimum absolute atomic E-state index is 0.424. The molecule has 0 aromatic rings. The number of carbonyl (C=O) groups excluding carboxylic acids is 1. The van der Waals surface area contributed by atoms with Crippen molar-refractivity contribution >= 4 is 5.78 Å². The molecule has 0 saturated heterocycles. The molecule has 0 radical (unpaired) electrons. The highest BCUT2D eigenvalue weighted by Crippen LogP contribution is 2.66. The molecule has 7 atom stereocenters. The van der Waals surface area contributed by atoms with Crippen LogP contribution in [0.3, 0.4) is 0 Å². The van der Waals surface area contributed by atoms with E-state index < -0.39 is 0 Å². The normalized spacial score (nSPS) is 51.9. The average molecular weight is 319 g/mol. The van der Waals surface area contributed by atoms with Crippen LogP contribution in [-0.4, -0.2) is 5.78 Å². The van der Waals surface area contributed by atoms with Crippen molar-refractivity contribution in [2.75, 3.05) is 0 Å². The molecule has 0 N–H and O–H groups in total. The maximum atomic E-state index is 13.0. The van der Waals surface area contributed by atoms with Gasteiger partial charge in [-0.2, -0.15) is 0 Å². The summed E-state index contributed by atoms with van der Waals surface area (Å²) in [4.78, 5) is 13.0. The number of hydrogen-bond acceptors (Lipinski definition) is 1. The Morgan fingerprint density at radius 3 is 2.30 bits per heavy atom. The van der Waals surface area contributed by atoms with Crippen LogP contribution in [0, 0.1) is 40.4 Å². The molecule has 132 valence electrons. The summed E-state index contributed by atoms with van der Waals surface area (Å²) in [6.07, 6.45) is 11.8. The lowest BCUT2D eigenvalue weighted by Crippen LogP contribution is -2.56. The number of rotatable bonds is 0. The van der Waals surface area contributed by atoms with Crippen LogP contribution in [0.5, 0.6) is 0 Å². The molecule has 0 aromatic heterocycles. The second-order valence-electron chi connectivity index (χ2n) is 9.38. The van der Waals surface area contributed by atoms with Crippen molar-refractivity contribution in [3.05, 3.63) is 0 Å². The van der Waals surface area contributed by atoms with Gasteiger partial charge in [0.05, 0.1) is 0 Å². The van der Waals surface area contributed by atoms with Crippen LogP contribution in [0.2, 0.25) is 0 Å². The predicted molar refractivity (Wildman–Crippen MR) is 97.2 cm³/mol. The zero-order chi connectivity index (χ0) is 16.8. The lowest BCUT2D eigenvalue weighted by molar-refractivity contribution is -0.155. The largest absolute Gasteiger partial charge is 0.299 e. The van der Waals surface area contributed by atoms with Gasteiger partial charge in [0.2, 0.25) is 0 Å². The van der Waals surface area contributed by atoms with Gasteiger partial charge >= 0.3 is 0 Å². The molecule has 1 nitrogen and oxygen atoms in total. The first-order valence-electron chi connectivity index (χ1n) is 10.5. The fourth-order valence-corrected chi connectivity index (χ4v) is 7.22. The Labute approximate surface area is 144 Å². The van der Waals surface area contributed by atoms with E-state index in [1.54, 1.807) is 0 Å². The lowest BCUT2D eigenvalue weighted by Gasteiger charge is -2.59. The van der Waals surface area contributed by atoms with Gasteiger partial charge in [0.15, 0.2) is 0 Å². The van der Waals surface area contributed by atoms with Crippen molar-refractivity contribution in [2.24, 2.45) is 40.4 Å². The number of carbonyl (C=O) groups is 1. The number of hydrogen-bond donors (Lipinski definition) is 0. The lowest BCUT2D eigenvalue weighted by atomic mass is 9.44. The van der Waals surface area contributed by atoms with Crippen LogP contribution in [0.25, 0.3) is 0 Å². The average Bonchev–Trinajstić information content (AvgIpc) is 2.86. The summed E-state index contributed by atoms with van der Waals surface area (Å²) in [6, 6.07) is 0. The first-order chi connectivity index (χ1) is 11.0. The van der Waals surface area contributed by atoms with Gasteiger partial charge in [-0.1, -0.05) is 47.5 Å². The van der Waals surface area contributed by atoms with E-state index in [1.165, 1.54) is 51.4 Å². The summed E-state index contributed by atoms with van der Waals surface area (Å²) in [6.45, 7) is 11.5. The third-order valence-electron chi connectivity index (χ3n) is 8.86. The second-order valence-corrected chi connectivity index (χ2v) is 9.38. The van der Waals surface area contributed by atoms with Crippen molar-refractivity contribution in [3.8, 4) is 0 Å². The first-order valence-corrected chi connectivity index (χ1v) is 10.5. The van der Waals surface area contributed by atoms with Gasteiger partial charge < -0.3 is 0 Å². The van der Waals surface area contributed by atoms with Gasteiger partial charge in [0.1, 0.15) is 5.78 Å². The molecule has 0 aliphatic heterocycles. The van der Waals surface area contributed by atoms with Crippen molar-refractivity contribution in [2.45, 2.75) is 92.4 Å². The van der Waals surface area contributed by atoms with Crippen molar-refractivity contribution in [1.29, 1.82) is 0 Å². The van der Waals surface area contributed by atoms with Gasteiger partial charge in [-0.05, 0) is 73.0 Å². The maximum Gasteiger partial charge on any atom is 0.136 e. The van der Waals surface area contributed by atoms with Crippen LogP contribution >= 0.6 is 0 Å². The van der Waals surface area contributed by atoms with Crippen LogP contribution in [-0.2, 0) is 4.79 Å². The SMILES string of the molecule is CC.CC1CCC2C3C(=O)CC4CCCCC4(C)C3CCC12C. The second kappa shape index (κ2) is 6.19. The van der Waals surface area contributed by atoms with Crippen LogP contribution in [0.4, 0.5) is 0 Å². The summed E-state index contributed by atoms with van der Waals surface area (Å²) in [7, 11) is 0. The van der Waals surface area contributed by atoms with E-state index in [1.807, 2.05) is 13.8 Å². The zero-order valence-electron chi connectivity index (χ0n) is 16.2. The van der Waals surface area contributed by atoms with Gasteiger partial charge in [-0.3, -0.25) is 4.79 Å². The Morgan fingerprint density at radius 1 is 0.870 bits per heavy atom. The van der Waals surface area contributed by atoms with E-state index in [2.05, 4.69) is 20.8 Å². The van der Waals surface area contributed by atoms with Gasteiger partial charge in [0, 0.05) is 12.3 Å². The molecule has 4 fully saturated rings.